The van der Waals surface area contributed by atoms with Crippen LogP contribution in [0.15, 0.2) is 0 Å². The van der Waals surface area contributed by atoms with E-state index < -0.39 is 15.0 Å². The van der Waals surface area contributed by atoms with Gasteiger partial charge in [0.1, 0.15) is 4.87 Å². The molecule has 0 bridgehead atoms. The van der Waals surface area contributed by atoms with Crippen molar-refractivity contribution in [3.63, 3.8) is 0 Å². The minimum absolute atomic E-state index is 0.113. The van der Waals surface area contributed by atoms with E-state index in [4.69, 9.17) is 4.55 Å². The maximum Gasteiger partial charge on any atom is 0.284 e. The highest BCUT2D eigenvalue weighted by Gasteiger charge is 2.44. The van der Waals surface area contributed by atoms with Crippen LogP contribution in [0.2, 0.25) is 0 Å². The minimum Gasteiger partial charge on any atom is -0.289 e. The lowest BCUT2D eigenvalue weighted by Crippen LogP contribution is -2.52. The van der Waals surface area contributed by atoms with Crippen LogP contribution in [0.5, 0.6) is 0 Å². The number of hydrogen-bond donors (Lipinski definition) is 1. The van der Waals surface area contributed by atoms with Crippen molar-refractivity contribution in [3.8, 4) is 0 Å². The monoisotopic (exact) mass is 209 g/mol. The molecular formula is C8H19NO3S. The smallest absolute Gasteiger partial charge is 0.284 e. The summed E-state index contributed by atoms with van der Waals surface area (Å²) in [5.74, 6) is -0.113. The van der Waals surface area contributed by atoms with Gasteiger partial charge in [-0.1, -0.05) is 20.3 Å². The van der Waals surface area contributed by atoms with Crippen LogP contribution < -0.4 is 0 Å². The molecule has 0 aliphatic carbocycles. The summed E-state index contributed by atoms with van der Waals surface area (Å²) in [6.07, 6.45) is 0.703. The topological polar surface area (TPSA) is 57.6 Å². The molecule has 0 aromatic heterocycles. The third-order valence-corrected chi connectivity index (χ3v) is 4.75. The highest BCUT2D eigenvalue weighted by Crippen LogP contribution is 2.29. The Morgan fingerprint density at radius 2 is 1.85 bits per heavy atom. The Morgan fingerprint density at radius 1 is 1.46 bits per heavy atom. The van der Waals surface area contributed by atoms with E-state index in [0.717, 1.165) is 0 Å². The standard InChI is InChI=1S/C8H19NO3S/c1-6-7(2)8(3,9(4)5)13(10,11)12/h7H,6H2,1-5H3,(H,10,11,12). The summed E-state index contributed by atoms with van der Waals surface area (Å²) in [5.41, 5.74) is 0. The molecule has 0 rings (SSSR count). The molecule has 0 saturated carbocycles. The van der Waals surface area contributed by atoms with Crippen molar-refractivity contribution in [1.82, 2.24) is 4.90 Å². The molecule has 13 heavy (non-hydrogen) atoms. The first-order valence-corrected chi connectivity index (χ1v) is 5.76. The molecule has 0 spiro atoms. The van der Waals surface area contributed by atoms with Crippen molar-refractivity contribution in [2.24, 2.45) is 5.92 Å². The Bertz CT molecular complexity index is 261. The largest absolute Gasteiger partial charge is 0.289 e. The van der Waals surface area contributed by atoms with Gasteiger partial charge in [0.15, 0.2) is 0 Å². The molecule has 5 heteroatoms. The second kappa shape index (κ2) is 3.94. The summed E-state index contributed by atoms with van der Waals surface area (Å²) in [5, 5.41) is 0. The quantitative estimate of drug-likeness (QED) is 0.707. The van der Waals surface area contributed by atoms with E-state index in [9.17, 15) is 8.42 Å². The van der Waals surface area contributed by atoms with E-state index in [1.54, 1.807) is 14.1 Å². The van der Waals surface area contributed by atoms with Crippen LogP contribution >= 0.6 is 0 Å². The molecule has 80 valence electrons. The maximum atomic E-state index is 11.2. The molecule has 2 atom stereocenters. The van der Waals surface area contributed by atoms with Gasteiger partial charge in [-0.2, -0.15) is 8.42 Å². The fraction of sp³-hybridized carbons (Fsp3) is 1.00. The third-order valence-electron chi connectivity index (χ3n) is 2.94. The van der Waals surface area contributed by atoms with E-state index in [2.05, 4.69) is 0 Å². The van der Waals surface area contributed by atoms with Crippen LogP contribution in [-0.2, 0) is 10.1 Å². The predicted octanol–water partition coefficient (Wildman–Crippen LogP) is 1.20. The first-order valence-electron chi connectivity index (χ1n) is 4.32. The maximum absolute atomic E-state index is 11.2. The second-order valence-electron chi connectivity index (χ2n) is 3.73. The van der Waals surface area contributed by atoms with Crippen molar-refractivity contribution in [2.45, 2.75) is 32.1 Å². The molecule has 0 saturated heterocycles. The van der Waals surface area contributed by atoms with Gasteiger partial charge in [-0.3, -0.25) is 9.45 Å². The molecule has 0 fully saturated rings. The lowest BCUT2D eigenvalue weighted by molar-refractivity contribution is 0.172. The number of rotatable bonds is 4. The molecule has 0 aliphatic rings. The Balaban J connectivity index is 5.21. The van der Waals surface area contributed by atoms with Gasteiger partial charge in [0.2, 0.25) is 0 Å². The molecule has 1 N–H and O–H groups in total. The van der Waals surface area contributed by atoms with Crippen LogP contribution in [0, 0.1) is 5.92 Å². The third kappa shape index (κ3) is 2.21. The van der Waals surface area contributed by atoms with Gasteiger partial charge in [-0.25, -0.2) is 0 Å². The van der Waals surface area contributed by atoms with Gasteiger partial charge in [-0.05, 0) is 26.9 Å². The fourth-order valence-corrected chi connectivity index (χ4v) is 2.44. The minimum atomic E-state index is -4.05. The molecule has 0 aromatic rings. The Kier molecular flexibility index (Phi) is 3.90. The van der Waals surface area contributed by atoms with Gasteiger partial charge in [0, 0.05) is 0 Å². The summed E-state index contributed by atoms with van der Waals surface area (Å²) < 4.78 is 31.6. The van der Waals surface area contributed by atoms with Crippen LogP contribution in [0.1, 0.15) is 27.2 Å². The predicted molar refractivity (Wildman–Crippen MR) is 53.1 cm³/mol. The molecule has 0 heterocycles. The zero-order valence-corrected chi connectivity index (χ0v) is 9.72. The van der Waals surface area contributed by atoms with Gasteiger partial charge in [0.25, 0.3) is 10.1 Å². The van der Waals surface area contributed by atoms with E-state index in [1.807, 2.05) is 13.8 Å². The van der Waals surface area contributed by atoms with Crippen LogP contribution in [0.3, 0.4) is 0 Å². The van der Waals surface area contributed by atoms with Gasteiger partial charge >= 0.3 is 0 Å². The van der Waals surface area contributed by atoms with Crippen molar-refractivity contribution in [3.05, 3.63) is 0 Å². The van der Waals surface area contributed by atoms with E-state index in [1.165, 1.54) is 11.8 Å². The lowest BCUT2D eigenvalue weighted by atomic mass is 9.99. The van der Waals surface area contributed by atoms with E-state index in [0.29, 0.717) is 6.42 Å². The van der Waals surface area contributed by atoms with Crippen molar-refractivity contribution in [1.29, 1.82) is 0 Å². The lowest BCUT2D eigenvalue weighted by Gasteiger charge is -2.37. The Labute approximate surface area is 80.7 Å². The first-order chi connectivity index (χ1) is 5.67. The Hall–Kier alpha value is -0.130. The molecule has 0 radical (unpaired) electrons. The molecular weight excluding hydrogens is 190 g/mol. The Morgan fingerprint density at radius 3 is 1.92 bits per heavy atom. The zero-order chi connectivity index (χ0) is 10.9. The van der Waals surface area contributed by atoms with Gasteiger partial charge in [0.05, 0.1) is 0 Å². The highest BCUT2D eigenvalue weighted by atomic mass is 32.2. The van der Waals surface area contributed by atoms with E-state index >= 15 is 0 Å². The average Bonchev–Trinajstić information content (AvgIpc) is 1.98. The summed E-state index contributed by atoms with van der Waals surface area (Å²) in [6.45, 7) is 5.25. The number of nitrogens with zero attached hydrogens (tertiary/aromatic N) is 1. The number of hydrogen-bond acceptors (Lipinski definition) is 3. The average molecular weight is 209 g/mol. The van der Waals surface area contributed by atoms with E-state index in [-0.39, 0.29) is 5.92 Å². The second-order valence-corrected chi connectivity index (χ2v) is 5.51. The SMILES string of the molecule is CCC(C)C(C)(N(C)C)S(=O)(=O)O. The summed E-state index contributed by atoms with van der Waals surface area (Å²) in [4.78, 5) is 0.345. The molecule has 2 unspecified atom stereocenters. The fourth-order valence-electron chi connectivity index (χ4n) is 1.30. The van der Waals surface area contributed by atoms with Crippen molar-refractivity contribution >= 4 is 10.1 Å². The van der Waals surface area contributed by atoms with Crippen LogP contribution in [-0.4, -0.2) is 36.8 Å². The van der Waals surface area contributed by atoms with Crippen molar-refractivity contribution < 1.29 is 13.0 Å². The first kappa shape index (κ1) is 12.9. The van der Waals surface area contributed by atoms with Gasteiger partial charge < -0.3 is 0 Å². The molecule has 0 aromatic carbocycles. The highest BCUT2D eigenvalue weighted by molar-refractivity contribution is 7.87. The van der Waals surface area contributed by atoms with Crippen LogP contribution in [0.4, 0.5) is 0 Å². The van der Waals surface area contributed by atoms with Crippen molar-refractivity contribution in [2.75, 3.05) is 14.1 Å². The summed E-state index contributed by atoms with van der Waals surface area (Å²) in [6, 6.07) is 0. The summed E-state index contributed by atoms with van der Waals surface area (Å²) in [7, 11) is -0.744. The molecule has 0 amide bonds. The zero-order valence-electron chi connectivity index (χ0n) is 8.90. The summed E-state index contributed by atoms with van der Waals surface area (Å²) >= 11 is 0. The normalized spacial score (nSPS) is 19.9. The molecule has 0 aliphatic heterocycles. The van der Waals surface area contributed by atoms with Gasteiger partial charge in [-0.15, -0.1) is 0 Å². The molecule has 4 nitrogen and oxygen atoms in total. The van der Waals surface area contributed by atoms with Crippen LogP contribution in [0.25, 0.3) is 0 Å².